The van der Waals surface area contributed by atoms with Crippen LogP contribution in [0.5, 0.6) is 5.75 Å². The number of ether oxygens (including phenoxy) is 1. The Hall–Kier alpha value is -3.46. The van der Waals surface area contributed by atoms with Gasteiger partial charge in [0.05, 0.1) is 30.1 Å². The summed E-state index contributed by atoms with van der Waals surface area (Å²) in [5.41, 5.74) is 1.65. The Balaban J connectivity index is 1.50. The molecule has 1 amide bonds. The highest BCUT2D eigenvalue weighted by Gasteiger charge is 2.32. The summed E-state index contributed by atoms with van der Waals surface area (Å²) < 4.78 is 11.1. The van der Waals surface area contributed by atoms with Gasteiger partial charge in [-0.1, -0.05) is 6.92 Å². The number of hydrogen-bond acceptors (Lipinski definition) is 8. The van der Waals surface area contributed by atoms with E-state index in [9.17, 15) is 9.59 Å². The summed E-state index contributed by atoms with van der Waals surface area (Å²) in [7, 11) is 1.60. The lowest BCUT2D eigenvalue weighted by Gasteiger charge is -2.32. The number of carbonyl (C=O) groups is 1. The molecular formula is C24H27N5O4. The van der Waals surface area contributed by atoms with E-state index in [-0.39, 0.29) is 17.8 Å². The van der Waals surface area contributed by atoms with E-state index < -0.39 is 5.63 Å². The van der Waals surface area contributed by atoms with Crippen LogP contribution in [-0.2, 0) is 11.2 Å². The molecule has 2 aliphatic rings. The number of aromatic nitrogens is 2. The smallest absolute Gasteiger partial charge is 0.347 e. The molecule has 9 nitrogen and oxygen atoms in total. The van der Waals surface area contributed by atoms with E-state index in [0.29, 0.717) is 41.7 Å². The van der Waals surface area contributed by atoms with Crippen molar-refractivity contribution in [2.45, 2.75) is 25.8 Å². The van der Waals surface area contributed by atoms with Gasteiger partial charge in [-0.2, -0.15) is 0 Å². The minimum absolute atomic E-state index is 0.0715. The van der Waals surface area contributed by atoms with Crippen molar-refractivity contribution in [3.63, 3.8) is 0 Å². The zero-order valence-electron chi connectivity index (χ0n) is 18.8. The Morgan fingerprint density at radius 1 is 1.27 bits per heavy atom. The first kappa shape index (κ1) is 21.4. The molecule has 2 saturated heterocycles. The Kier molecular flexibility index (Phi) is 5.72. The number of fused-ring (bicyclic) bond motifs is 1. The first-order chi connectivity index (χ1) is 16.1. The van der Waals surface area contributed by atoms with Gasteiger partial charge in [-0.05, 0) is 36.6 Å². The van der Waals surface area contributed by atoms with Crippen LogP contribution in [0.3, 0.4) is 0 Å². The number of hydrogen-bond donors (Lipinski definition) is 1. The van der Waals surface area contributed by atoms with E-state index in [4.69, 9.17) is 14.1 Å². The molecule has 0 radical (unpaired) electrons. The lowest BCUT2D eigenvalue weighted by molar-refractivity contribution is -0.124. The summed E-state index contributed by atoms with van der Waals surface area (Å²) in [4.78, 5) is 38.5. The molecule has 0 aliphatic carbocycles. The fourth-order valence-corrected chi connectivity index (χ4v) is 4.78. The molecule has 0 bridgehead atoms. The van der Waals surface area contributed by atoms with Crippen LogP contribution in [0.4, 0.5) is 5.82 Å². The number of pyridine rings is 1. The van der Waals surface area contributed by atoms with Crippen molar-refractivity contribution in [2.75, 3.05) is 44.7 Å². The van der Waals surface area contributed by atoms with Gasteiger partial charge in [-0.25, -0.2) is 14.8 Å². The minimum atomic E-state index is -0.414. The molecule has 2 fully saturated rings. The molecule has 0 unspecified atom stereocenters. The largest absolute Gasteiger partial charge is 0.497 e. The van der Waals surface area contributed by atoms with Gasteiger partial charge >= 0.3 is 5.63 Å². The highest BCUT2D eigenvalue weighted by Crippen LogP contribution is 2.32. The van der Waals surface area contributed by atoms with Gasteiger partial charge in [0, 0.05) is 44.5 Å². The lowest BCUT2D eigenvalue weighted by atomic mass is 10.1. The molecular weight excluding hydrogens is 422 g/mol. The second-order valence-electron chi connectivity index (χ2n) is 8.42. The van der Waals surface area contributed by atoms with Gasteiger partial charge in [0.25, 0.3) is 0 Å². The number of rotatable bonds is 5. The van der Waals surface area contributed by atoms with Crippen LogP contribution in [0.15, 0.2) is 39.7 Å². The highest BCUT2D eigenvalue weighted by molar-refractivity contribution is 5.84. The highest BCUT2D eigenvalue weighted by atomic mass is 16.5. The molecule has 5 rings (SSSR count). The van der Waals surface area contributed by atoms with E-state index in [0.717, 1.165) is 37.4 Å². The number of methoxy groups -OCH3 is 1. The van der Waals surface area contributed by atoms with Crippen LogP contribution in [0, 0.1) is 0 Å². The second-order valence-corrected chi connectivity index (χ2v) is 8.42. The van der Waals surface area contributed by atoms with Crippen LogP contribution in [0.1, 0.15) is 18.9 Å². The summed E-state index contributed by atoms with van der Waals surface area (Å²) in [6.45, 7) is 5.50. The molecule has 2 aromatic heterocycles. The van der Waals surface area contributed by atoms with Crippen molar-refractivity contribution in [3.05, 3.63) is 46.4 Å². The van der Waals surface area contributed by atoms with E-state index in [1.165, 1.54) is 0 Å². The summed E-state index contributed by atoms with van der Waals surface area (Å²) in [5, 5.41) is 3.36. The van der Waals surface area contributed by atoms with E-state index in [1.54, 1.807) is 19.4 Å². The monoisotopic (exact) mass is 449 g/mol. The SMILES string of the molecule is CCc1cc(OC)cc2nc(-c3cccnc3N3CC[C@@H](N4CCNC(=O)C4)C3)oc(=O)c12. The van der Waals surface area contributed by atoms with E-state index >= 15 is 0 Å². The maximum absolute atomic E-state index is 12.9. The fourth-order valence-electron chi connectivity index (χ4n) is 4.78. The summed E-state index contributed by atoms with van der Waals surface area (Å²) in [6.07, 6.45) is 3.34. The number of benzene rings is 1. The predicted octanol–water partition coefficient (Wildman–Crippen LogP) is 1.83. The average Bonchev–Trinajstić information content (AvgIpc) is 3.33. The Morgan fingerprint density at radius 3 is 2.94 bits per heavy atom. The topological polar surface area (TPSA) is 101 Å². The van der Waals surface area contributed by atoms with Crippen molar-refractivity contribution in [3.8, 4) is 17.2 Å². The summed E-state index contributed by atoms with van der Waals surface area (Å²) in [5.74, 6) is 1.70. The first-order valence-electron chi connectivity index (χ1n) is 11.3. The lowest BCUT2D eigenvalue weighted by Crippen LogP contribution is -2.52. The molecule has 172 valence electrons. The molecule has 1 aromatic carbocycles. The number of carbonyl (C=O) groups excluding carboxylic acids is 1. The van der Waals surface area contributed by atoms with Crippen molar-refractivity contribution in [1.29, 1.82) is 0 Å². The van der Waals surface area contributed by atoms with Crippen molar-refractivity contribution in [1.82, 2.24) is 20.2 Å². The Labute approximate surface area is 191 Å². The standard InChI is InChI=1S/C24H27N5O4/c1-3-15-11-17(32-2)12-19-21(15)24(31)33-23(27-19)18-5-4-7-26-22(18)29-9-6-16(13-29)28-10-8-25-20(30)14-28/h4-5,7,11-12,16H,3,6,8-10,13-14H2,1-2H3,(H,25,30)/t16-/m1/s1. The third-order valence-electron chi connectivity index (χ3n) is 6.47. The minimum Gasteiger partial charge on any atom is -0.497 e. The van der Waals surface area contributed by atoms with Gasteiger partial charge in [0.2, 0.25) is 11.8 Å². The van der Waals surface area contributed by atoms with Crippen LogP contribution in [-0.4, -0.2) is 66.7 Å². The normalized spacial score (nSPS) is 19.2. The van der Waals surface area contributed by atoms with Crippen molar-refractivity contribution < 1.29 is 13.9 Å². The predicted molar refractivity (Wildman–Crippen MR) is 125 cm³/mol. The third-order valence-corrected chi connectivity index (χ3v) is 6.47. The number of aryl methyl sites for hydroxylation is 1. The molecule has 9 heteroatoms. The number of amides is 1. The maximum Gasteiger partial charge on any atom is 0.347 e. The third kappa shape index (κ3) is 4.04. The molecule has 4 heterocycles. The van der Waals surface area contributed by atoms with E-state index in [2.05, 4.69) is 20.1 Å². The molecule has 1 N–H and O–H groups in total. The molecule has 33 heavy (non-hydrogen) atoms. The summed E-state index contributed by atoms with van der Waals surface area (Å²) >= 11 is 0. The zero-order chi connectivity index (χ0) is 22.9. The van der Waals surface area contributed by atoms with Gasteiger partial charge in [0.1, 0.15) is 11.6 Å². The first-order valence-corrected chi connectivity index (χ1v) is 11.3. The molecule has 1 atom stereocenters. The Bertz CT molecular complexity index is 1260. The average molecular weight is 450 g/mol. The van der Waals surface area contributed by atoms with Crippen LogP contribution < -0.4 is 20.6 Å². The number of anilines is 1. The van der Waals surface area contributed by atoms with Crippen LogP contribution in [0.2, 0.25) is 0 Å². The maximum atomic E-state index is 12.9. The van der Waals surface area contributed by atoms with Gasteiger partial charge in [-0.3, -0.25) is 9.69 Å². The zero-order valence-corrected chi connectivity index (χ0v) is 18.8. The van der Waals surface area contributed by atoms with Crippen molar-refractivity contribution >= 4 is 22.6 Å². The van der Waals surface area contributed by atoms with Crippen LogP contribution in [0.25, 0.3) is 22.4 Å². The Morgan fingerprint density at radius 2 is 2.15 bits per heavy atom. The van der Waals surface area contributed by atoms with E-state index in [1.807, 2.05) is 25.1 Å². The number of piperazine rings is 1. The van der Waals surface area contributed by atoms with Crippen LogP contribution >= 0.6 is 0 Å². The quantitative estimate of drug-likeness (QED) is 0.630. The van der Waals surface area contributed by atoms with Gasteiger partial charge in [0.15, 0.2) is 0 Å². The molecule has 3 aromatic rings. The van der Waals surface area contributed by atoms with Gasteiger partial charge in [-0.15, -0.1) is 0 Å². The second kappa shape index (κ2) is 8.82. The number of nitrogens with one attached hydrogen (secondary N) is 1. The summed E-state index contributed by atoms with van der Waals surface area (Å²) in [6, 6.07) is 7.58. The molecule has 0 saturated carbocycles. The molecule has 0 spiro atoms. The van der Waals surface area contributed by atoms with Crippen molar-refractivity contribution in [2.24, 2.45) is 0 Å². The molecule has 2 aliphatic heterocycles. The van der Waals surface area contributed by atoms with Gasteiger partial charge < -0.3 is 19.4 Å². The number of nitrogens with zero attached hydrogens (tertiary/aromatic N) is 4. The fraction of sp³-hybridized carbons (Fsp3) is 0.417.